The predicted molar refractivity (Wildman–Crippen MR) is 86.4 cm³/mol. The van der Waals surface area contributed by atoms with Gasteiger partial charge in [-0.25, -0.2) is 0 Å². The molecule has 1 fully saturated rings. The molecular formula is C15H14BrF3N4O3. The molecule has 3 rings (SSSR count). The van der Waals surface area contributed by atoms with E-state index in [9.17, 15) is 22.8 Å². The first kappa shape index (κ1) is 18.5. The Morgan fingerprint density at radius 3 is 2.19 bits per heavy atom. The van der Waals surface area contributed by atoms with Crippen molar-refractivity contribution in [1.29, 1.82) is 0 Å². The van der Waals surface area contributed by atoms with E-state index in [4.69, 9.17) is 4.42 Å². The molecule has 140 valence electrons. The van der Waals surface area contributed by atoms with Gasteiger partial charge in [0.15, 0.2) is 11.5 Å². The topological polar surface area (TPSA) is 71.6 Å². The van der Waals surface area contributed by atoms with E-state index < -0.39 is 17.8 Å². The number of alkyl halides is 3. The third-order valence-electron chi connectivity index (χ3n) is 4.05. The van der Waals surface area contributed by atoms with Crippen molar-refractivity contribution in [3.8, 4) is 0 Å². The van der Waals surface area contributed by atoms with Gasteiger partial charge in [0.05, 0.1) is 10.7 Å². The van der Waals surface area contributed by atoms with Crippen molar-refractivity contribution < 1.29 is 27.2 Å². The lowest BCUT2D eigenvalue weighted by Gasteiger charge is -2.34. The summed E-state index contributed by atoms with van der Waals surface area (Å²) in [5, 5.41) is 3.39. The molecule has 0 saturated carbocycles. The van der Waals surface area contributed by atoms with Crippen LogP contribution in [-0.2, 0) is 13.2 Å². The molecule has 0 radical (unpaired) electrons. The molecule has 2 aromatic heterocycles. The Kier molecular flexibility index (Phi) is 4.82. The number of amides is 2. The quantitative estimate of drug-likeness (QED) is 0.727. The summed E-state index contributed by atoms with van der Waals surface area (Å²) in [5.41, 5.74) is -1.32. The number of rotatable bonds is 2. The van der Waals surface area contributed by atoms with Gasteiger partial charge < -0.3 is 14.2 Å². The van der Waals surface area contributed by atoms with Crippen LogP contribution in [0.2, 0.25) is 0 Å². The Morgan fingerprint density at radius 1 is 1.15 bits per heavy atom. The van der Waals surface area contributed by atoms with Gasteiger partial charge >= 0.3 is 6.18 Å². The summed E-state index contributed by atoms with van der Waals surface area (Å²) in [4.78, 5) is 27.8. The average Bonchev–Trinajstić information content (AvgIpc) is 3.22. The first-order valence-corrected chi connectivity index (χ1v) is 8.41. The zero-order valence-corrected chi connectivity index (χ0v) is 15.2. The summed E-state index contributed by atoms with van der Waals surface area (Å²) < 4.78 is 44.4. The van der Waals surface area contributed by atoms with Crippen molar-refractivity contribution in [2.75, 3.05) is 26.2 Å². The molecular weight excluding hydrogens is 421 g/mol. The number of carbonyl (C=O) groups is 2. The molecule has 0 bridgehead atoms. The normalized spacial score (nSPS) is 15.4. The summed E-state index contributed by atoms with van der Waals surface area (Å²) in [5.74, 6) is -0.662. The Morgan fingerprint density at radius 2 is 1.73 bits per heavy atom. The van der Waals surface area contributed by atoms with Gasteiger partial charge in [-0.1, -0.05) is 0 Å². The highest BCUT2D eigenvalue weighted by Gasteiger charge is 2.40. The van der Waals surface area contributed by atoms with Crippen LogP contribution in [0.4, 0.5) is 13.2 Å². The molecule has 1 aliphatic heterocycles. The van der Waals surface area contributed by atoms with Crippen LogP contribution in [0.1, 0.15) is 26.7 Å². The summed E-state index contributed by atoms with van der Waals surface area (Å²) in [6.45, 7) is 0.911. The second-order valence-electron chi connectivity index (χ2n) is 5.69. The molecule has 0 spiro atoms. The number of furan rings is 1. The van der Waals surface area contributed by atoms with Crippen molar-refractivity contribution in [2.45, 2.75) is 6.18 Å². The van der Waals surface area contributed by atoms with E-state index in [-0.39, 0.29) is 48.0 Å². The lowest BCUT2D eigenvalue weighted by atomic mass is 10.2. The fourth-order valence-corrected chi connectivity index (χ4v) is 3.46. The number of aryl methyl sites for hydroxylation is 1. The molecule has 0 unspecified atom stereocenters. The Labute approximate surface area is 154 Å². The molecule has 0 aromatic carbocycles. The molecule has 2 amide bonds. The van der Waals surface area contributed by atoms with Crippen molar-refractivity contribution >= 4 is 27.7 Å². The highest BCUT2D eigenvalue weighted by Crippen LogP contribution is 2.36. The van der Waals surface area contributed by atoms with Gasteiger partial charge in [0.2, 0.25) is 0 Å². The molecule has 0 N–H and O–H groups in total. The Balaban J connectivity index is 1.71. The van der Waals surface area contributed by atoms with Crippen molar-refractivity contribution in [3.63, 3.8) is 0 Å². The van der Waals surface area contributed by atoms with E-state index in [0.29, 0.717) is 0 Å². The van der Waals surface area contributed by atoms with Crippen LogP contribution in [0.25, 0.3) is 0 Å². The van der Waals surface area contributed by atoms with E-state index in [1.807, 2.05) is 0 Å². The van der Waals surface area contributed by atoms with Gasteiger partial charge in [0, 0.05) is 33.2 Å². The van der Waals surface area contributed by atoms with Crippen molar-refractivity contribution in [2.24, 2.45) is 7.05 Å². The maximum Gasteiger partial charge on any atom is 0.436 e. The second-order valence-corrected chi connectivity index (χ2v) is 6.49. The first-order chi connectivity index (χ1) is 12.2. The van der Waals surface area contributed by atoms with E-state index >= 15 is 0 Å². The van der Waals surface area contributed by atoms with Gasteiger partial charge in [0.25, 0.3) is 11.8 Å². The standard InChI is InChI=1S/C15H14BrF3N4O3/c1-21-11(10(16)12(20-21)15(17,18)19)14(25)23-6-4-22(5-7-23)13(24)9-3-2-8-26-9/h2-3,8H,4-7H2,1H3. The SMILES string of the molecule is Cn1nc(C(F)(F)F)c(Br)c1C(=O)N1CCN(C(=O)c2ccco2)CC1. The summed E-state index contributed by atoms with van der Waals surface area (Å²) >= 11 is 2.84. The minimum atomic E-state index is -4.66. The van der Waals surface area contributed by atoms with E-state index in [1.54, 1.807) is 12.1 Å². The molecule has 1 saturated heterocycles. The fraction of sp³-hybridized carbons (Fsp3) is 0.400. The number of carbonyl (C=O) groups excluding carboxylic acids is 2. The maximum absolute atomic E-state index is 12.9. The maximum atomic E-state index is 12.9. The first-order valence-electron chi connectivity index (χ1n) is 7.62. The zero-order valence-electron chi connectivity index (χ0n) is 13.6. The number of halogens is 4. The van der Waals surface area contributed by atoms with Crippen LogP contribution < -0.4 is 0 Å². The van der Waals surface area contributed by atoms with Gasteiger partial charge in [0.1, 0.15) is 5.69 Å². The smallest absolute Gasteiger partial charge is 0.436 e. The Bertz CT molecular complexity index is 824. The van der Waals surface area contributed by atoms with Crippen molar-refractivity contribution in [1.82, 2.24) is 19.6 Å². The van der Waals surface area contributed by atoms with Crippen molar-refractivity contribution in [3.05, 3.63) is 40.0 Å². The Hall–Kier alpha value is -2.30. The monoisotopic (exact) mass is 434 g/mol. The number of piperazine rings is 1. The largest absolute Gasteiger partial charge is 0.459 e. The fourth-order valence-electron chi connectivity index (χ4n) is 2.73. The van der Waals surface area contributed by atoms with Gasteiger partial charge in [-0.2, -0.15) is 18.3 Å². The van der Waals surface area contributed by atoms with Crippen LogP contribution in [0.3, 0.4) is 0 Å². The summed E-state index contributed by atoms with van der Waals surface area (Å²) in [6, 6.07) is 3.15. The number of nitrogens with zero attached hydrogens (tertiary/aromatic N) is 4. The third kappa shape index (κ3) is 3.35. The van der Waals surface area contributed by atoms with Crippen LogP contribution >= 0.6 is 15.9 Å². The molecule has 2 aromatic rings. The van der Waals surface area contributed by atoms with Gasteiger partial charge in [-0.3, -0.25) is 14.3 Å². The van der Waals surface area contributed by atoms with Crippen LogP contribution in [0.15, 0.2) is 27.3 Å². The number of hydrogen-bond acceptors (Lipinski definition) is 4. The minimum absolute atomic E-state index is 0.178. The highest BCUT2D eigenvalue weighted by molar-refractivity contribution is 9.10. The van der Waals surface area contributed by atoms with E-state index in [2.05, 4.69) is 21.0 Å². The highest BCUT2D eigenvalue weighted by atomic mass is 79.9. The molecule has 1 aliphatic rings. The van der Waals surface area contributed by atoms with E-state index in [1.165, 1.54) is 23.1 Å². The number of aromatic nitrogens is 2. The zero-order chi connectivity index (χ0) is 19.1. The lowest BCUT2D eigenvalue weighted by Crippen LogP contribution is -2.50. The van der Waals surface area contributed by atoms with Crippen LogP contribution in [-0.4, -0.2) is 57.6 Å². The number of hydrogen-bond donors (Lipinski definition) is 0. The van der Waals surface area contributed by atoms with Crippen LogP contribution in [0.5, 0.6) is 0 Å². The third-order valence-corrected chi connectivity index (χ3v) is 4.80. The molecule has 0 aliphatic carbocycles. The lowest BCUT2D eigenvalue weighted by molar-refractivity contribution is -0.142. The molecule has 7 nitrogen and oxygen atoms in total. The molecule has 11 heteroatoms. The van der Waals surface area contributed by atoms with E-state index in [0.717, 1.165) is 4.68 Å². The molecule has 26 heavy (non-hydrogen) atoms. The predicted octanol–water partition coefficient (Wildman–Crippen LogP) is 2.39. The molecule has 3 heterocycles. The molecule has 0 atom stereocenters. The second kappa shape index (κ2) is 6.78. The minimum Gasteiger partial charge on any atom is -0.459 e. The van der Waals surface area contributed by atoms with Gasteiger partial charge in [-0.05, 0) is 28.1 Å². The van der Waals surface area contributed by atoms with Gasteiger partial charge in [-0.15, -0.1) is 0 Å². The average molecular weight is 435 g/mol. The summed E-state index contributed by atoms with van der Waals surface area (Å²) in [7, 11) is 1.28. The van der Waals surface area contributed by atoms with Crippen LogP contribution in [0, 0.1) is 0 Å². The summed E-state index contributed by atoms with van der Waals surface area (Å²) in [6.07, 6.45) is -3.27.